The van der Waals surface area contributed by atoms with E-state index in [2.05, 4.69) is 21.8 Å². The minimum absolute atomic E-state index is 0.0186. The summed E-state index contributed by atoms with van der Waals surface area (Å²) in [5, 5.41) is 2.81. The van der Waals surface area contributed by atoms with Gasteiger partial charge in [-0.05, 0) is 36.8 Å². The van der Waals surface area contributed by atoms with E-state index in [0.717, 1.165) is 30.1 Å². The summed E-state index contributed by atoms with van der Waals surface area (Å²) in [6.07, 6.45) is 4.02. The molecule has 2 aliphatic rings. The molecule has 8 heteroatoms. The Morgan fingerprint density at radius 1 is 1.30 bits per heavy atom. The number of carbonyl (C=O) groups excluding carboxylic acids is 1. The van der Waals surface area contributed by atoms with Crippen molar-refractivity contribution in [2.75, 3.05) is 31.1 Å². The minimum Gasteiger partial charge on any atom is -0.491 e. The quantitative estimate of drug-likeness (QED) is 0.543. The third-order valence-corrected chi connectivity index (χ3v) is 6.09. The third kappa shape index (κ3) is 5.80. The molecule has 6 nitrogen and oxygen atoms in total. The fourth-order valence-corrected chi connectivity index (χ4v) is 3.83. The Morgan fingerprint density at radius 3 is 2.67 bits per heavy atom. The Balaban J connectivity index is 1.25. The zero-order valence-corrected chi connectivity index (χ0v) is 18.7. The largest absolute Gasteiger partial charge is 0.491 e. The van der Waals surface area contributed by atoms with E-state index in [1.165, 1.54) is 0 Å². The Bertz CT molecular complexity index is 966. The van der Waals surface area contributed by atoms with Crippen LogP contribution in [0.1, 0.15) is 31.2 Å². The first-order valence-electron chi connectivity index (χ1n) is 11.2. The first kappa shape index (κ1) is 23.0. The molecule has 1 N–H and O–H groups in total. The first-order chi connectivity index (χ1) is 15.9. The molecule has 1 aromatic heterocycles. The van der Waals surface area contributed by atoms with Gasteiger partial charge in [-0.15, -0.1) is 6.58 Å². The maximum Gasteiger partial charge on any atom is 0.255 e. The van der Waals surface area contributed by atoms with Gasteiger partial charge in [-0.2, -0.15) is 0 Å². The molecule has 1 aliphatic carbocycles. The van der Waals surface area contributed by atoms with Gasteiger partial charge in [0.15, 0.2) is 0 Å². The van der Waals surface area contributed by atoms with Crippen LogP contribution in [0, 0.1) is 5.92 Å². The van der Waals surface area contributed by atoms with Crippen molar-refractivity contribution < 1.29 is 23.0 Å². The minimum atomic E-state index is -2.57. The Morgan fingerprint density at radius 2 is 2.03 bits per heavy atom. The van der Waals surface area contributed by atoms with Crippen LogP contribution in [0.5, 0.6) is 11.5 Å². The van der Waals surface area contributed by atoms with E-state index in [9.17, 15) is 13.6 Å². The SMILES string of the molecule is C=CCNC(=O)C(C)c1ccc(O[C@@H]2CCN(c3ccc(OCC4CC4(F)F)cn3)C2)cc1. The van der Waals surface area contributed by atoms with E-state index < -0.39 is 11.8 Å². The van der Waals surface area contributed by atoms with E-state index in [4.69, 9.17) is 9.47 Å². The van der Waals surface area contributed by atoms with Crippen LogP contribution in [0.15, 0.2) is 55.3 Å². The summed E-state index contributed by atoms with van der Waals surface area (Å²) >= 11 is 0. The van der Waals surface area contributed by atoms with Crippen molar-refractivity contribution in [2.24, 2.45) is 5.92 Å². The average molecular weight is 458 g/mol. The van der Waals surface area contributed by atoms with E-state index in [-0.39, 0.29) is 31.0 Å². The number of rotatable bonds is 10. The molecule has 0 spiro atoms. The second-order valence-corrected chi connectivity index (χ2v) is 8.62. The summed E-state index contributed by atoms with van der Waals surface area (Å²) in [6.45, 7) is 7.45. The lowest BCUT2D eigenvalue weighted by atomic mass is 10.0. The van der Waals surface area contributed by atoms with E-state index in [1.54, 1.807) is 18.3 Å². The monoisotopic (exact) mass is 457 g/mol. The van der Waals surface area contributed by atoms with Gasteiger partial charge in [0, 0.05) is 25.9 Å². The fraction of sp³-hybridized carbons (Fsp3) is 0.440. The number of ether oxygens (including phenoxy) is 2. The fourth-order valence-electron chi connectivity index (χ4n) is 3.83. The van der Waals surface area contributed by atoms with Crippen LogP contribution in [0.3, 0.4) is 0 Å². The van der Waals surface area contributed by atoms with Crippen molar-refractivity contribution in [3.63, 3.8) is 0 Å². The van der Waals surface area contributed by atoms with Gasteiger partial charge in [-0.1, -0.05) is 18.2 Å². The molecule has 176 valence electrons. The molecule has 0 bridgehead atoms. The summed E-state index contributed by atoms with van der Waals surface area (Å²) < 4.78 is 37.5. The molecular weight excluding hydrogens is 428 g/mol. The Labute approximate surface area is 192 Å². The van der Waals surface area contributed by atoms with Crippen molar-refractivity contribution in [1.82, 2.24) is 10.3 Å². The summed E-state index contributed by atoms with van der Waals surface area (Å²) in [7, 11) is 0. The Kier molecular flexibility index (Phi) is 6.81. The van der Waals surface area contributed by atoms with Crippen LogP contribution < -0.4 is 19.7 Å². The number of anilines is 1. The molecule has 1 aromatic carbocycles. The van der Waals surface area contributed by atoms with Gasteiger partial charge in [0.1, 0.15) is 23.4 Å². The second-order valence-electron chi connectivity index (χ2n) is 8.62. The summed E-state index contributed by atoms with van der Waals surface area (Å²) in [5.41, 5.74) is 0.925. The summed E-state index contributed by atoms with van der Waals surface area (Å²) in [6, 6.07) is 11.2. The number of amides is 1. The predicted octanol–water partition coefficient (Wildman–Crippen LogP) is 4.18. The number of hydrogen-bond donors (Lipinski definition) is 1. The topological polar surface area (TPSA) is 63.7 Å². The van der Waals surface area contributed by atoms with Gasteiger partial charge in [0.05, 0.1) is 31.2 Å². The van der Waals surface area contributed by atoms with E-state index in [0.29, 0.717) is 18.8 Å². The maximum atomic E-state index is 13.0. The molecule has 4 rings (SSSR count). The molecule has 1 saturated heterocycles. The highest BCUT2D eigenvalue weighted by molar-refractivity contribution is 5.83. The lowest BCUT2D eigenvalue weighted by molar-refractivity contribution is -0.122. The number of aromatic nitrogens is 1. The smallest absolute Gasteiger partial charge is 0.255 e. The molecule has 3 atom stereocenters. The van der Waals surface area contributed by atoms with Crippen LogP contribution in [0.25, 0.3) is 0 Å². The number of nitrogens with one attached hydrogen (secondary N) is 1. The van der Waals surface area contributed by atoms with Gasteiger partial charge in [0.2, 0.25) is 5.91 Å². The number of nitrogens with zero attached hydrogens (tertiary/aromatic N) is 2. The third-order valence-electron chi connectivity index (χ3n) is 6.09. The van der Waals surface area contributed by atoms with Crippen LogP contribution in [0.4, 0.5) is 14.6 Å². The Hall–Kier alpha value is -3.16. The van der Waals surface area contributed by atoms with Crippen LogP contribution >= 0.6 is 0 Å². The molecular formula is C25H29F2N3O3. The van der Waals surface area contributed by atoms with E-state index in [1.807, 2.05) is 37.3 Å². The highest BCUT2D eigenvalue weighted by Crippen LogP contribution is 2.48. The van der Waals surface area contributed by atoms with E-state index >= 15 is 0 Å². The predicted molar refractivity (Wildman–Crippen MR) is 122 cm³/mol. The lowest BCUT2D eigenvalue weighted by Crippen LogP contribution is -2.28. The van der Waals surface area contributed by atoms with Gasteiger partial charge >= 0.3 is 0 Å². The number of hydrogen-bond acceptors (Lipinski definition) is 5. The molecule has 1 aliphatic heterocycles. The van der Waals surface area contributed by atoms with Gasteiger partial charge in [0.25, 0.3) is 5.92 Å². The van der Waals surface area contributed by atoms with Crippen LogP contribution in [-0.2, 0) is 4.79 Å². The average Bonchev–Trinajstić information content (AvgIpc) is 3.19. The van der Waals surface area contributed by atoms with Gasteiger partial charge in [-0.25, -0.2) is 13.8 Å². The van der Waals surface area contributed by atoms with Gasteiger partial charge < -0.3 is 19.7 Å². The van der Waals surface area contributed by atoms with Crippen molar-refractivity contribution in [1.29, 1.82) is 0 Å². The zero-order chi connectivity index (χ0) is 23.4. The number of halogens is 2. The van der Waals surface area contributed by atoms with Gasteiger partial charge in [-0.3, -0.25) is 4.79 Å². The number of benzene rings is 1. The van der Waals surface area contributed by atoms with Crippen LogP contribution in [-0.4, -0.2) is 49.2 Å². The standard InChI is InChI=1S/C25H29F2N3O3/c1-3-11-28-24(31)17(2)18-4-6-20(7-5-18)33-22-10-12-30(15-22)23-9-8-21(14-29-23)32-16-19-13-25(19,26)27/h3-9,14,17,19,22H,1,10-13,15-16H2,2H3,(H,28,31)/t17?,19?,22-/m1/s1. The maximum absolute atomic E-state index is 13.0. The summed E-state index contributed by atoms with van der Waals surface area (Å²) in [4.78, 5) is 18.7. The van der Waals surface area contributed by atoms with Crippen molar-refractivity contribution in [3.8, 4) is 11.5 Å². The molecule has 2 fully saturated rings. The first-order valence-corrected chi connectivity index (χ1v) is 11.2. The number of alkyl halides is 2. The molecule has 1 amide bonds. The lowest BCUT2D eigenvalue weighted by Gasteiger charge is -2.19. The molecule has 0 radical (unpaired) electrons. The van der Waals surface area contributed by atoms with Crippen molar-refractivity contribution in [2.45, 2.75) is 37.7 Å². The summed E-state index contributed by atoms with van der Waals surface area (Å²) in [5.74, 6) is -1.47. The molecule has 1 saturated carbocycles. The van der Waals surface area contributed by atoms with Crippen molar-refractivity contribution >= 4 is 11.7 Å². The molecule has 33 heavy (non-hydrogen) atoms. The second kappa shape index (κ2) is 9.77. The highest BCUT2D eigenvalue weighted by atomic mass is 19.3. The van der Waals surface area contributed by atoms with Crippen LogP contribution in [0.2, 0.25) is 0 Å². The highest BCUT2D eigenvalue weighted by Gasteiger charge is 2.57. The molecule has 2 unspecified atom stereocenters. The number of carbonyl (C=O) groups is 1. The molecule has 2 heterocycles. The molecule has 2 aromatic rings. The zero-order valence-electron chi connectivity index (χ0n) is 18.7. The number of pyridine rings is 1. The van der Waals surface area contributed by atoms with Crippen molar-refractivity contribution in [3.05, 3.63) is 60.8 Å². The normalized spacial score (nSPS) is 21.8.